The smallest absolute Gasteiger partial charge is 0.324 e. The molecule has 1 aromatic heterocycles. The van der Waals surface area contributed by atoms with E-state index in [0.717, 1.165) is 5.56 Å². The predicted molar refractivity (Wildman–Crippen MR) is 89.4 cm³/mol. The quantitative estimate of drug-likeness (QED) is 0.537. The molecular weight excluding hydrogens is 378 g/mol. The number of aromatic nitrogens is 2. The molecule has 1 heterocycles. The summed E-state index contributed by atoms with van der Waals surface area (Å²) in [7, 11) is -2.24. The van der Waals surface area contributed by atoms with Gasteiger partial charge in [0.2, 0.25) is 5.95 Å². The molecule has 0 saturated carbocycles. The average Bonchev–Trinajstić information content (AvgIpc) is 2.52. The van der Waals surface area contributed by atoms with E-state index in [1.54, 1.807) is 24.3 Å². The third-order valence-electron chi connectivity index (χ3n) is 3.51. The molecule has 0 spiro atoms. The fraction of sp³-hybridized carbons (Fsp3) is 0.333. The monoisotopic (exact) mass is 392 g/mol. The summed E-state index contributed by atoms with van der Waals surface area (Å²) in [6, 6.07) is 6.88. The minimum absolute atomic E-state index is 0.0596. The first-order chi connectivity index (χ1) is 11.7. The van der Waals surface area contributed by atoms with E-state index >= 15 is 0 Å². The number of hydrogen-bond donors (Lipinski definition) is 2. The van der Waals surface area contributed by atoms with Gasteiger partial charge in [0.15, 0.2) is 5.66 Å². The molecule has 0 saturated heterocycles. The van der Waals surface area contributed by atoms with Crippen molar-refractivity contribution < 1.29 is 22.6 Å². The molecule has 0 bridgehead atoms. The number of nitrogens with zero attached hydrogens (tertiary/aromatic N) is 2. The molecule has 0 fully saturated rings. The van der Waals surface area contributed by atoms with Gasteiger partial charge in [-0.2, -0.15) is 18.1 Å². The van der Waals surface area contributed by atoms with E-state index in [4.69, 9.17) is 11.6 Å². The third kappa shape index (κ3) is 5.36. The number of alkyl halides is 3. The fourth-order valence-corrected chi connectivity index (χ4v) is 3.03. The van der Waals surface area contributed by atoms with Gasteiger partial charge in [-0.3, -0.25) is 0 Å². The summed E-state index contributed by atoms with van der Waals surface area (Å²) in [4.78, 5) is 16.4. The molecule has 0 radical (unpaired) electrons. The summed E-state index contributed by atoms with van der Waals surface area (Å²) in [5.74, 6) is -0.0596. The number of benzene rings is 1. The highest BCUT2D eigenvalue weighted by molar-refractivity contribution is 7.38. The second kappa shape index (κ2) is 8.08. The molecule has 0 aliphatic carbocycles. The Morgan fingerprint density at radius 1 is 1.32 bits per heavy atom. The van der Waals surface area contributed by atoms with Crippen LogP contribution in [0.2, 0.25) is 5.15 Å². The molecule has 2 N–H and O–H groups in total. The lowest BCUT2D eigenvalue weighted by molar-refractivity contribution is -0.137. The first kappa shape index (κ1) is 19.6. The number of rotatable bonds is 6. The van der Waals surface area contributed by atoms with Gasteiger partial charge in [-0.05, 0) is 28.7 Å². The Hall–Kier alpha value is -1.76. The van der Waals surface area contributed by atoms with Gasteiger partial charge in [-0.1, -0.05) is 30.7 Å². The number of halogens is 4. The summed E-state index contributed by atoms with van der Waals surface area (Å²) < 4.78 is 49.1. The second-order valence-electron chi connectivity index (χ2n) is 5.29. The Balaban J connectivity index is 2.09. The van der Waals surface area contributed by atoms with E-state index in [1.165, 1.54) is 0 Å². The average molecular weight is 393 g/mol. The molecular formula is C15H15ClF3N3O2P+. The van der Waals surface area contributed by atoms with Crippen LogP contribution in [0.5, 0.6) is 0 Å². The zero-order valence-electron chi connectivity index (χ0n) is 13.1. The van der Waals surface area contributed by atoms with Gasteiger partial charge in [0.1, 0.15) is 10.7 Å². The Bertz CT molecular complexity index is 757. The lowest BCUT2D eigenvalue weighted by atomic mass is 10.1. The highest BCUT2D eigenvalue weighted by Gasteiger charge is 2.34. The lowest BCUT2D eigenvalue weighted by Gasteiger charge is -2.10. The molecule has 10 heteroatoms. The molecule has 1 aromatic carbocycles. The highest BCUT2D eigenvalue weighted by atomic mass is 35.5. The number of anilines is 2. The van der Waals surface area contributed by atoms with Crippen LogP contribution < -0.4 is 5.32 Å². The van der Waals surface area contributed by atoms with Crippen LogP contribution in [0, 0.1) is 0 Å². The zero-order chi connectivity index (χ0) is 18.6. The summed E-state index contributed by atoms with van der Waals surface area (Å²) in [5, 5.41) is 2.08. The van der Waals surface area contributed by atoms with Gasteiger partial charge < -0.3 is 5.32 Å². The topological polar surface area (TPSA) is 75.1 Å². The van der Waals surface area contributed by atoms with E-state index in [2.05, 4.69) is 15.3 Å². The van der Waals surface area contributed by atoms with Gasteiger partial charge in [0.05, 0.1) is 0 Å². The Kier molecular flexibility index (Phi) is 6.32. The molecule has 0 aliphatic heterocycles. The first-order valence-corrected chi connectivity index (χ1v) is 8.97. The van der Waals surface area contributed by atoms with Gasteiger partial charge in [0.25, 0.3) is 0 Å². The lowest BCUT2D eigenvalue weighted by Crippen LogP contribution is -2.09. The van der Waals surface area contributed by atoms with Crippen LogP contribution in [0.3, 0.4) is 0 Å². The molecule has 2 aromatic rings. The minimum Gasteiger partial charge on any atom is -0.324 e. The molecule has 0 aliphatic rings. The Labute approximate surface area is 148 Å². The molecule has 134 valence electrons. The van der Waals surface area contributed by atoms with Crippen LogP contribution in [0.1, 0.15) is 24.5 Å². The summed E-state index contributed by atoms with van der Waals surface area (Å²) in [6.07, 6.45) is -2.94. The van der Waals surface area contributed by atoms with Crippen molar-refractivity contribution >= 4 is 31.3 Å². The van der Waals surface area contributed by atoms with Crippen LogP contribution in [0.15, 0.2) is 30.5 Å². The van der Waals surface area contributed by atoms with Gasteiger partial charge in [-0.15, -0.1) is 0 Å². The van der Waals surface area contributed by atoms with Crippen molar-refractivity contribution in [1.29, 1.82) is 0 Å². The van der Waals surface area contributed by atoms with E-state index < -0.39 is 24.9 Å². The first-order valence-electron chi connectivity index (χ1n) is 7.31. The Morgan fingerprint density at radius 2 is 1.96 bits per heavy atom. The highest BCUT2D eigenvalue weighted by Crippen LogP contribution is 2.33. The maximum Gasteiger partial charge on any atom is 0.508 e. The van der Waals surface area contributed by atoms with Crippen molar-refractivity contribution in [2.75, 3.05) is 5.32 Å². The van der Waals surface area contributed by atoms with Crippen LogP contribution in [0.25, 0.3) is 0 Å². The van der Waals surface area contributed by atoms with E-state index in [1.807, 2.05) is 6.92 Å². The van der Waals surface area contributed by atoms with E-state index in [9.17, 15) is 22.6 Å². The summed E-state index contributed by atoms with van der Waals surface area (Å²) in [5.41, 5.74) is 0.0202. The molecule has 5 nitrogen and oxygen atoms in total. The van der Waals surface area contributed by atoms with Crippen molar-refractivity contribution in [3.05, 3.63) is 46.7 Å². The third-order valence-corrected chi connectivity index (χ3v) is 4.97. The van der Waals surface area contributed by atoms with Crippen LogP contribution >= 0.6 is 19.6 Å². The van der Waals surface area contributed by atoms with E-state index in [0.29, 0.717) is 24.7 Å². The fourth-order valence-electron chi connectivity index (χ4n) is 2.12. The molecule has 2 unspecified atom stereocenters. The SMILES string of the molecule is CCC(Cc1ccc(Nc2ncc(C(F)(F)F)c(Cl)n2)cc1)[P+](=O)O. The normalized spacial score (nSPS) is 13.4. The maximum atomic E-state index is 12.6. The van der Waals surface area contributed by atoms with E-state index in [-0.39, 0.29) is 11.6 Å². The van der Waals surface area contributed by atoms with Gasteiger partial charge in [0, 0.05) is 18.3 Å². The van der Waals surface area contributed by atoms with Gasteiger partial charge >= 0.3 is 14.2 Å². The van der Waals surface area contributed by atoms with Crippen molar-refractivity contribution in [1.82, 2.24) is 9.97 Å². The largest absolute Gasteiger partial charge is 0.508 e. The van der Waals surface area contributed by atoms with Crippen molar-refractivity contribution in [3.8, 4) is 0 Å². The number of hydrogen-bond acceptors (Lipinski definition) is 4. The molecule has 25 heavy (non-hydrogen) atoms. The van der Waals surface area contributed by atoms with Crippen molar-refractivity contribution in [3.63, 3.8) is 0 Å². The zero-order valence-corrected chi connectivity index (χ0v) is 14.7. The van der Waals surface area contributed by atoms with Crippen LogP contribution in [0.4, 0.5) is 24.8 Å². The minimum atomic E-state index is -4.61. The predicted octanol–water partition coefficient (Wildman–Crippen LogP) is 4.95. The number of nitrogens with one attached hydrogen (secondary N) is 1. The summed E-state index contributed by atoms with van der Waals surface area (Å²) >= 11 is 5.55. The van der Waals surface area contributed by atoms with Gasteiger partial charge in [-0.25, -0.2) is 9.97 Å². The standard InChI is InChI=1S/C15H14ClF3N3O2P/c1-2-11(25(23)24)7-9-3-5-10(6-4-9)21-14-20-8-12(13(16)22-14)15(17,18)19/h3-6,8,11H,2,7H2,1H3,(H-,20,21,22,23,24)/p+1. The van der Waals surface area contributed by atoms with Crippen LogP contribution in [-0.4, -0.2) is 20.5 Å². The Morgan fingerprint density at radius 3 is 2.44 bits per heavy atom. The molecule has 2 rings (SSSR count). The summed E-state index contributed by atoms with van der Waals surface area (Å²) in [6.45, 7) is 1.84. The van der Waals surface area contributed by atoms with Crippen LogP contribution in [-0.2, 0) is 17.2 Å². The van der Waals surface area contributed by atoms with Crippen molar-refractivity contribution in [2.24, 2.45) is 0 Å². The maximum absolute atomic E-state index is 12.6. The van der Waals surface area contributed by atoms with Crippen molar-refractivity contribution in [2.45, 2.75) is 31.6 Å². The molecule has 0 amide bonds. The second-order valence-corrected chi connectivity index (χ2v) is 6.98. The molecule has 2 atom stereocenters.